The Morgan fingerprint density at radius 3 is 2.58 bits per heavy atom. The molecule has 1 saturated heterocycles. The molecule has 0 saturated carbocycles. The van der Waals surface area contributed by atoms with Crippen LogP contribution in [0.25, 0.3) is 0 Å². The number of sulfonamides is 1. The number of halogens is 1. The quantitative estimate of drug-likeness (QED) is 0.811. The molecule has 8 heteroatoms. The summed E-state index contributed by atoms with van der Waals surface area (Å²) in [7, 11) is 1.83. The lowest BCUT2D eigenvalue weighted by Gasteiger charge is -2.40. The third-order valence-corrected chi connectivity index (χ3v) is 5.09. The van der Waals surface area contributed by atoms with Crippen LogP contribution in [-0.2, 0) is 14.8 Å². The summed E-state index contributed by atoms with van der Waals surface area (Å²) in [6.45, 7) is 1.62. The van der Waals surface area contributed by atoms with Crippen molar-refractivity contribution >= 4 is 29.5 Å². The lowest BCUT2D eigenvalue weighted by Crippen LogP contribution is -2.58. The van der Waals surface area contributed by atoms with E-state index in [1.807, 2.05) is 0 Å². The Morgan fingerprint density at radius 1 is 1.42 bits per heavy atom. The number of rotatable bonds is 2. The molecule has 0 spiro atoms. The molecule has 1 aromatic rings. The second-order valence-corrected chi connectivity index (χ2v) is 6.59. The van der Waals surface area contributed by atoms with Crippen molar-refractivity contribution in [3.8, 4) is 0 Å². The summed E-state index contributed by atoms with van der Waals surface area (Å²) in [5.41, 5.74) is 0. The Balaban J connectivity index is 2.40. The van der Waals surface area contributed by atoms with E-state index in [1.54, 1.807) is 6.92 Å². The lowest BCUT2D eigenvalue weighted by molar-refractivity contribution is -0.125. The van der Waals surface area contributed by atoms with Crippen LogP contribution in [0.4, 0.5) is 0 Å². The van der Waals surface area contributed by atoms with Gasteiger partial charge in [0.2, 0.25) is 10.0 Å². The lowest BCUT2D eigenvalue weighted by atomic mass is 9.96. The van der Waals surface area contributed by atoms with E-state index < -0.39 is 28.3 Å². The van der Waals surface area contributed by atoms with Crippen molar-refractivity contribution in [1.82, 2.24) is 4.31 Å². The zero-order valence-electron chi connectivity index (χ0n) is 10.2. The van der Waals surface area contributed by atoms with Gasteiger partial charge in [0, 0.05) is 11.0 Å². The van der Waals surface area contributed by atoms with Crippen LogP contribution < -0.4 is 0 Å². The maximum absolute atomic E-state index is 12.5. The van der Waals surface area contributed by atoms with Crippen LogP contribution in [0.15, 0.2) is 29.2 Å². The molecule has 0 bridgehead atoms. The van der Waals surface area contributed by atoms with Gasteiger partial charge < -0.3 is 9.84 Å². The molecule has 0 unspecified atom stereocenters. The predicted molar refractivity (Wildman–Crippen MR) is 71.4 cm³/mol. The molecule has 5 nitrogen and oxygen atoms in total. The van der Waals surface area contributed by atoms with E-state index in [9.17, 15) is 13.5 Å². The van der Waals surface area contributed by atoms with E-state index in [-0.39, 0.29) is 11.5 Å². The van der Waals surface area contributed by atoms with E-state index in [2.05, 4.69) is 0 Å². The van der Waals surface area contributed by atoms with E-state index in [4.69, 9.17) is 24.2 Å². The van der Waals surface area contributed by atoms with Crippen molar-refractivity contribution in [1.29, 1.82) is 0 Å². The second kappa shape index (κ2) is 5.42. The van der Waals surface area contributed by atoms with E-state index in [0.29, 0.717) is 5.02 Å². The maximum Gasteiger partial charge on any atom is 0.244 e. The van der Waals surface area contributed by atoms with Gasteiger partial charge in [-0.1, -0.05) is 11.6 Å². The highest BCUT2D eigenvalue weighted by Gasteiger charge is 2.40. The smallest absolute Gasteiger partial charge is 0.244 e. The van der Waals surface area contributed by atoms with Gasteiger partial charge in [-0.2, -0.15) is 4.31 Å². The van der Waals surface area contributed by atoms with E-state index in [0.717, 1.165) is 4.31 Å². The van der Waals surface area contributed by atoms with Crippen molar-refractivity contribution in [2.75, 3.05) is 6.61 Å². The van der Waals surface area contributed by atoms with Gasteiger partial charge in [-0.15, -0.1) is 0 Å². The summed E-state index contributed by atoms with van der Waals surface area (Å²) in [6.07, 6.45) is -1.95. The molecule has 1 N–H and O–H groups in total. The number of hydrogen-bond acceptors (Lipinski definition) is 4. The number of ether oxygens (including phenoxy) is 1. The third kappa shape index (κ3) is 2.80. The number of aliphatic hydroxyl groups excluding tert-OH is 1. The molecule has 1 heterocycles. The average molecular weight is 302 g/mol. The summed E-state index contributed by atoms with van der Waals surface area (Å²) in [5.74, 6) is -0.924. The standard InChI is InChI=1S/C11H13BClNO4S/c1-7-11(15)14(10(12)6-18-7)19(16,17)9-4-2-8(13)3-5-9/h2-5,7,10-11,15H,6H2,1H3/t7-,10-,11-/m1/s1. The zero-order valence-corrected chi connectivity index (χ0v) is 11.8. The molecule has 19 heavy (non-hydrogen) atoms. The minimum atomic E-state index is -3.89. The molecule has 1 aliphatic heterocycles. The highest BCUT2D eigenvalue weighted by molar-refractivity contribution is 7.89. The summed E-state index contributed by atoms with van der Waals surface area (Å²) < 4.78 is 31.0. The van der Waals surface area contributed by atoms with Gasteiger partial charge in [-0.3, -0.25) is 0 Å². The largest absolute Gasteiger partial charge is 0.375 e. The number of nitrogens with zero attached hydrogens (tertiary/aromatic N) is 1. The van der Waals surface area contributed by atoms with Gasteiger partial charge in [-0.05, 0) is 31.2 Å². The first-order valence-electron chi connectivity index (χ1n) is 5.68. The Morgan fingerprint density at radius 2 is 2.00 bits per heavy atom. The molecule has 2 radical (unpaired) electrons. The normalized spacial score (nSPS) is 29.3. The molecule has 0 aliphatic carbocycles. The first-order valence-corrected chi connectivity index (χ1v) is 7.50. The van der Waals surface area contributed by atoms with Gasteiger partial charge in [0.25, 0.3) is 0 Å². The molecule has 1 fully saturated rings. The summed E-state index contributed by atoms with van der Waals surface area (Å²) in [5, 5.41) is 10.4. The number of morpholine rings is 1. The van der Waals surface area contributed by atoms with Crippen LogP contribution in [0.5, 0.6) is 0 Å². The fourth-order valence-corrected chi connectivity index (χ4v) is 3.58. The van der Waals surface area contributed by atoms with Crippen LogP contribution in [0, 0.1) is 0 Å². The Kier molecular flexibility index (Phi) is 4.22. The van der Waals surface area contributed by atoms with Gasteiger partial charge in [0.1, 0.15) is 6.23 Å². The van der Waals surface area contributed by atoms with Gasteiger partial charge in [-0.25, -0.2) is 8.42 Å². The van der Waals surface area contributed by atoms with E-state index >= 15 is 0 Å². The minimum absolute atomic E-state index is 0.0282. The van der Waals surface area contributed by atoms with Gasteiger partial charge in [0.15, 0.2) is 0 Å². The molecule has 0 amide bonds. The van der Waals surface area contributed by atoms with Crippen molar-refractivity contribution < 1.29 is 18.3 Å². The molecule has 102 valence electrons. The number of aliphatic hydroxyl groups is 1. The summed E-state index contributed by atoms with van der Waals surface area (Å²) >= 11 is 5.73. The van der Waals surface area contributed by atoms with Crippen LogP contribution >= 0.6 is 11.6 Å². The highest BCUT2D eigenvalue weighted by atomic mass is 35.5. The molecule has 1 aliphatic rings. The Labute approximate surface area is 118 Å². The maximum atomic E-state index is 12.5. The topological polar surface area (TPSA) is 66.8 Å². The van der Waals surface area contributed by atoms with E-state index in [1.165, 1.54) is 24.3 Å². The van der Waals surface area contributed by atoms with Crippen LogP contribution in [0.3, 0.4) is 0 Å². The first kappa shape index (κ1) is 14.8. The van der Waals surface area contributed by atoms with Crippen LogP contribution in [-0.4, -0.2) is 50.6 Å². The predicted octanol–water partition coefficient (Wildman–Crippen LogP) is 0.562. The average Bonchev–Trinajstić information content (AvgIpc) is 2.34. The molecule has 1 aromatic carbocycles. The summed E-state index contributed by atoms with van der Waals surface area (Å²) in [6, 6.07) is 5.68. The minimum Gasteiger partial charge on any atom is -0.375 e. The molecule has 0 aromatic heterocycles. The SMILES string of the molecule is [B][C@H]1CO[C@H](C)[C@@H](O)N1S(=O)(=O)c1ccc(Cl)cc1. The zero-order chi connectivity index (χ0) is 14.2. The monoisotopic (exact) mass is 301 g/mol. The molecule has 2 rings (SSSR count). The van der Waals surface area contributed by atoms with Crippen LogP contribution in [0.2, 0.25) is 5.02 Å². The molecular formula is C11H13BClNO4S. The number of benzene rings is 1. The van der Waals surface area contributed by atoms with Gasteiger partial charge in [0.05, 0.1) is 25.5 Å². The Hall–Kier alpha value is -0.595. The first-order chi connectivity index (χ1) is 8.84. The fraction of sp³-hybridized carbons (Fsp3) is 0.455. The van der Waals surface area contributed by atoms with Crippen molar-refractivity contribution in [3.63, 3.8) is 0 Å². The van der Waals surface area contributed by atoms with Crippen LogP contribution in [0.1, 0.15) is 6.92 Å². The molecule has 3 atom stereocenters. The summed E-state index contributed by atoms with van der Waals surface area (Å²) in [4.78, 5) is 0.0282. The highest BCUT2D eigenvalue weighted by Crippen LogP contribution is 2.25. The van der Waals surface area contributed by atoms with Crippen molar-refractivity contribution in [2.24, 2.45) is 0 Å². The third-order valence-electron chi connectivity index (χ3n) is 2.93. The molecular weight excluding hydrogens is 288 g/mol. The van der Waals surface area contributed by atoms with Gasteiger partial charge >= 0.3 is 0 Å². The van der Waals surface area contributed by atoms with Crippen molar-refractivity contribution in [3.05, 3.63) is 29.3 Å². The fourth-order valence-electron chi connectivity index (χ4n) is 1.86. The Bertz CT molecular complexity index is 550. The number of hydrogen-bond donors (Lipinski definition) is 1. The van der Waals surface area contributed by atoms with Crippen molar-refractivity contribution in [2.45, 2.75) is 30.1 Å². The second-order valence-electron chi connectivity index (χ2n) is 4.31.